The van der Waals surface area contributed by atoms with Crippen LogP contribution in [0.4, 0.5) is 0 Å². The van der Waals surface area contributed by atoms with E-state index in [0.717, 1.165) is 16.6 Å². The molecule has 0 saturated carbocycles. The predicted octanol–water partition coefficient (Wildman–Crippen LogP) is 2.26. The molecule has 98 valence electrons. The van der Waals surface area contributed by atoms with Crippen LogP contribution in [0, 0.1) is 6.92 Å². The van der Waals surface area contributed by atoms with Gasteiger partial charge in [0.1, 0.15) is 0 Å². The molecule has 0 saturated heterocycles. The molecule has 0 atom stereocenters. The molecule has 0 aliphatic rings. The van der Waals surface area contributed by atoms with Crippen molar-refractivity contribution in [2.75, 3.05) is 7.05 Å². The van der Waals surface area contributed by atoms with E-state index in [1.54, 1.807) is 0 Å². The van der Waals surface area contributed by atoms with Crippen molar-refractivity contribution in [1.82, 2.24) is 20.0 Å². The van der Waals surface area contributed by atoms with Crippen molar-refractivity contribution in [2.24, 2.45) is 7.05 Å². The maximum absolute atomic E-state index is 5.24. The zero-order chi connectivity index (χ0) is 13.4. The number of nitrogens with zero attached hydrogens (tertiary/aromatic N) is 3. The van der Waals surface area contributed by atoms with E-state index in [4.69, 9.17) is 4.52 Å². The molecule has 0 radical (unpaired) electrons. The second-order valence-corrected chi connectivity index (χ2v) is 4.58. The quantitative estimate of drug-likeness (QED) is 0.781. The third-order valence-electron chi connectivity index (χ3n) is 3.42. The van der Waals surface area contributed by atoms with Gasteiger partial charge in [0, 0.05) is 23.6 Å². The van der Waals surface area contributed by atoms with E-state index in [-0.39, 0.29) is 0 Å². The molecular formula is C14H16N4O. The zero-order valence-electron chi connectivity index (χ0n) is 11.3. The lowest BCUT2D eigenvalue weighted by Gasteiger charge is -1.97. The van der Waals surface area contributed by atoms with Gasteiger partial charge in [0.05, 0.1) is 12.1 Å². The number of hydrogen-bond acceptors (Lipinski definition) is 4. The summed E-state index contributed by atoms with van der Waals surface area (Å²) in [6, 6.07) is 8.25. The van der Waals surface area contributed by atoms with Crippen molar-refractivity contribution in [1.29, 1.82) is 0 Å². The third-order valence-corrected chi connectivity index (χ3v) is 3.42. The molecule has 3 rings (SSSR count). The lowest BCUT2D eigenvalue weighted by Crippen LogP contribution is -2.04. The number of aryl methyl sites for hydroxylation is 1. The standard InChI is InChI=1S/C14H16N4O/c1-9-13(14-16-12(8-15-2)19-17-14)10-6-4-5-7-11(10)18(9)3/h4-7,15H,8H2,1-3H3. The van der Waals surface area contributed by atoms with Crippen molar-refractivity contribution in [3.05, 3.63) is 35.9 Å². The Hall–Kier alpha value is -2.14. The van der Waals surface area contributed by atoms with Crippen LogP contribution in [0.1, 0.15) is 11.6 Å². The Labute approximate surface area is 111 Å². The van der Waals surface area contributed by atoms with E-state index in [9.17, 15) is 0 Å². The second kappa shape index (κ2) is 4.51. The maximum Gasteiger partial charge on any atom is 0.240 e. The van der Waals surface area contributed by atoms with E-state index in [0.29, 0.717) is 18.3 Å². The van der Waals surface area contributed by atoms with Gasteiger partial charge in [-0.3, -0.25) is 0 Å². The number of aromatic nitrogens is 3. The fraction of sp³-hybridized carbons (Fsp3) is 0.286. The monoisotopic (exact) mass is 256 g/mol. The molecule has 2 heterocycles. The minimum atomic E-state index is 0.580. The molecule has 5 heteroatoms. The summed E-state index contributed by atoms with van der Waals surface area (Å²) in [6.07, 6.45) is 0. The normalized spacial score (nSPS) is 11.3. The highest BCUT2D eigenvalue weighted by Crippen LogP contribution is 2.31. The number of benzene rings is 1. The van der Waals surface area contributed by atoms with E-state index in [1.807, 2.05) is 19.2 Å². The number of para-hydroxylation sites is 1. The highest BCUT2D eigenvalue weighted by molar-refractivity contribution is 5.96. The van der Waals surface area contributed by atoms with Crippen LogP contribution in [0.3, 0.4) is 0 Å². The number of nitrogens with one attached hydrogen (secondary N) is 1. The summed E-state index contributed by atoms with van der Waals surface area (Å²) >= 11 is 0. The molecule has 2 aromatic heterocycles. The number of hydrogen-bond donors (Lipinski definition) is 1. The summed E-state index contributed by atoms with van der Waals surface area (Å²) in [7, 11) is 3.91. The highest BCUT2D eigenvalue weighted by atomic mass is 16.5. The molecule has 19 heavy (non-hydrogen) atoms. The van der Waals surface area contributed by atoms with E-state index >= 15 is 0 Å². The largest absolute Gasteiger partial charge is 0.347 e. The number of fused-ring (bicyclic) bond motifs is 1. The summed E-state index contributed by atoms with van der Waals surface area (Å²) in [6.45, 7) is 2.65. The van der Waals surface area contributed by atoms with Crippen LogP contribution < -0.4 is 5.32 Å². The molecule has 1 N–H and O–H groups in total. The smallest absolute Gasteiger partial charge is 0.240 e. The second-order valence-electron chi connectivity index (χ2n) is 4.58. The van der Waals surface area contributed by atoms with Gasteiger partial charge in [-0.15, -0.1) is 0 Å². The summed E-state index contributed by atoms with van der Waals surface area (Å²) < 4.78 is 7.39. The van der Waals surface area contributed by atoms with Gasteiger partial charge in [-0.1, -0.05) is 23.4 Å². The Balaban J connectivity index is 2.21. The fourth-order valence-corrected chi connectivity index (χ4v) is 2.38. The van der Waals surface area contributed by atoms with E-state index < -0.39 is 0 Å². The lowest BCUT2D eigenvalue weighted by atomic mass is 10.1. The summed E-state index contributed by atoms with van der Waals surface area (Å²) in [5.41, 5.74) is 3.36. The van der Waals surface area contributed by atoms with Gasteiger partial charge < -0.3 is 14.4 Å². The topological polar surface area (TPSA) is 55.9 Å². The molecule has 0 spiro atoms. The first-order chi connectivity index (χ1) is 9.22. The molecule has 0 fully saturated rings. The SMILES string of the molecule is CNCc1nc(-c2c(C)n(C)c3ccccc23)no1. The predicted molar refractivity (Wildman–Crippen MR) is 73.7 cm³/mol. The van der Waals surface area contributed by atoms with Gasteiger partial charge in [0.25, 0.3) is 0 Å². The molecule has 1 aromatic carbocycles. The van der Waals surface area contributed by atoms with Crippen molar-refractivity contribution in [3.8, 4) is 11.4 Å². The maximum atomic E-state index is 5.24. The Bertz CT molecular complexity index is 726. The Kier molecular flexibility index (Phi) is 2.83. The van der Waals surface area contributed by atoms with Crippen LogP contribution in [-0.4, -0.2) is 21.8 Å². The molecular weight excluding hydrogens is 240 g/mol. The van der Waals surface area contributed by atoms with Gasteiger partial charge >= 0.3 is 0 Å². The van der Waals surface area contributed by atoms with Crippen molar-refractivity contribution in [2.45, 2.75) is 13.5 Å². The Morgan fingerprint density at radius 1 is 1.32 bits per heavy atom. The average Bonchev–Trinajstić information content (AvgIpc) is 2.96. The minimum Gasteiger partial charge on any atom is -0.347 e. The molecule has 3 aromatic rings. The van der Waals surface area contributed by atoms with Crippen molar-refractivity contribution < 1.29 is 4.52 Å². The van der Waals surface area contributed by atoms with Crippen molar-refractivity contribution in [3.63, 3.8) is 0 Å². The minimum absolute atomic E-state index is 0.580. The van der Waals surface area contributed by atoms with Gasteiger partial charge in [0.2, 0.25) is 11.7 Å². The van der Waals surface area contributed by atoms with Crippen LogP contribution in [0.15, 0.2) is 28.8 Å². The van der Waals surface area contributed by atoms with Crippen LogP contribution in [0.2, 0.25) is 0 Å². The lowest BCUT2D eigenvalue weighted by molar-refractivity contribution is 0.372. The molecule has 0 bridgehead atoms. The molecule has 0 aliphatic carbocycles. The molecule has 5 nitrogen and oxygen atoms in total. The van der Waals surface area contributed by atoms with E-state index in [2.05, 4.69) is 46.1 Å². The number of rotatable bonds is 3. The highest BCUT2D eigenvalue weighted by Gasteiger charge is 2.17. The van der Waals surface area contributed by atoms with Gasteiger partial charge in [-0.05, 0) is 20.0 Å². The van der Waals surface area contributed by atoms with Crippen LogP contribution in [0.25, 0.3) is 22.3 Å². The molecule has 0 unspecified atom stereocenters. The Morgan fingerprint density at radius 2 is 2.11 bits per heavy atom. The van der Waals surface area contributed by atoms with Gasteiger partial charge in [0.15, 0.2) is 0 Å². The van der Waals surface area contributed by atoms with Gasteiger partial charge in [-0.2, -0.15) is 4.98 Å². The van der Waals surface area contributed by atoms with E-state index in [1.165, 1.54) is 5.52 Å². The summed E-state index contributed by atoms with van der Waals surface area (Å²) in [4.78, 5) is 4.44. The van der Waals surface area contributed by atoms with Crippen LogP contribution in [0.5, 0.6) is 0 Å². The average molecular weight is 256 g/mol. The molecule has 0 amide bonds. The first kappa shape index (κ1) is 11.9. The summed E-state index contributed by atoms with van der Waals surface area (Å²) in [5.74, 6) is 1.25. The molecule has 0 aliphatic heterocycles. The first-order valence-corrected chi connectivity index (χ1v) is 6.24. The van der Waals surface area contributed by atoms with Crippen LogP contribution >= 0.6 is 0 Å². The first-order valence-electron chi connectivity index (χ1n) is 6.24. The fourth-order valence-electron chi connectivity index (χ4n) is 2.38. The Morgan fingerprint density at radius 3 is 2.89 bits per heavy atom. The zero-order valence-corrected chi connectivity index (χ0v) is 11.3. The summed E-state index contributed by atoms with van der Waals surface area (Å²) in [5, 5.41) is 8.25. The van der Waals surface area contributed by atoms with Crippen LogP contribution in [-0.2, 0) is 13.6 Å². The van der Waals surface area contributed by atoms with Crippen molar-refractivity contribution >= 4 is 10.9 Å². The van der Waals surface area contributed by atoms with Gasteiger partial charge in [-0.25, -0.2) is 0 Å². The third kappa shape index (κ3) is 1.82.